The van der Waals surface area contributed by atoms with E-state index in [4.69, 9.17) is 0 Å². The lowest BCUT2D eigenvalue weighted by atomic mass is 10.1. The number of non-ortho nitro benzene ring substituents is 1. The fourth-order valence-electron chi connectivity index (χ4n) is 2.86. The molecule has 29 heavy (non-hydrogen) atoms. The van der Waals surface area contributed by atoms with Crippen molar-refractivity contribution in [2.75, 3.05) is 5.32 Å². The third-order valence-electron chi connectivity index (χ3n) is 4.25. The highest BCUT2D eigenvalue weighted by Gasteiger charge is 2.17. The summed E-state index contributed by atoms with van der Waals surface area (Å²) in [4.78, 5) is 27.4. The fraction of sp³-hybridized carbons (Fsp3) is 0. The zero-order chi connectivity index (χ0) is 20.2. The molecule has 0 radical (unpaired) electrons. The van der Waals surface area contributed by atoms with Crippen molar-refractivity contribution in [3.63, 3.8) is 0 Å². The number of nitro groups is 1. The van der Waals surface area contributed by atoms with Crippen LogP contribution in [0.4, 0.5) is 11.4 Å². The van der Waals surface area contributed by atoms with Crippen LogP contribution in [0.3, 0.4) is 0 Å². The summed E-state index contributed by atoms with van der Waals surface area (Å²) in [6, 6.07) is 17.2. The van der Waals surface area contributed by atoms with Crippen molar-refractivity contribution in [3.05, 3.63) is 93.9 Å². The molecule has 142 valence electrons. The summed E-state index contributed by atoms with van der Waals surface area (Å²) < 4.78 is 0. The minimum absolute atomic E-state index is 0.0955. The van der Waals surface area contributed by atoms with Gasteiger partial charge >= 0.3 is 0 Å². The molecule has 8 nitrogen and oxygen atoms in total. The molecule has 0 aliphatic carbocycles. The smallest absolute Gasteiger partial charge is 0.276 e. The maximum absolute atomic E-state index is 12.7. The van der Waals surface area contributed by atoms with E-state index in [-0.39, 0.29) is 11.4 Å². The predicted molar refractivity (Wildman–Crippen MR) is 110 cm³/mol. The monoisotopic (exact) mass is 385 g/mol. The van der Waals surface area contributed by atoms with E-state index in [1.807, 2.05) is 48.6 Å². The fourth-order valence-corrected chi connectivity index (χ4v) is 2.86. The van der Waals surface area contributed by atoms with E-state index in [1.165, 1.54) is 18.2 Å². The molecule has 1 amide bonds. The Balaban J connectivity index is 1.56. The number of nitrogens with zero attached hydrogens (tertiary/aromatic N) is 3. The van der Waals surface area contributed by atoms with Crippen LogP contribution in [-0.4, -0.2) is 26.0 Å². The van der Waals surface area contributed by atoms with Crippen LogP contribution in [0, 0.1) is 10.1 Å². The molecule has 4 aromatic rings. The quantitative estimate of drug-likeness (QED) is 0.393. The van der Waals surface area contributed by atoms with Gasteiger partial charge in [0.1, 0.15) is 0 Å². The topological polar surface area (TPSA) is 114 Å². The third-order valence-corrected chi connectivity index (χ3v) is 4.25. The third kappa shape index (κ3) is 4.01. The number of nitrogens with one attached hydrogen (secondary N) is 2. The SMILES string of the molecule is O=C(Nc1cccc(/C=C/c2ccccn2)c1)c1n[nH]c2ccc([N+](=O)[O-])cc12. The van der Waals surface area contributed by atoms with Gasteiger partial charge in [-0.2, -0.15) is 5.10 Å². The summed E-state index contributed by atoms with van der Waals surface area (Å²) >= 11 is 0. The zero-order valence-electron chi connectivity index (χ0n) is 15.1. The van der Waals surface area contributed by atoms with E-state index >= 15 is 0 Å². The molecule has 8 heteroatoms. The first-order chi connectivity index (χ1) is 14.1. The number of hydrogen-bond donors (Lipinski definition) is 2. The molecule has 0 aliphatic rings. The Labute approximate surface area is 165 Å². The van der Waals surface area contributed by atoms with Gasteiger partial charge in [-0.25, -0.2) is 0 Å². The van der Waals surface area contributed by atoms with Gasteiger partial charge in [0.05, 0.1) is 16.1 Å². The molecule has 0 saturated heterocycles. The summed E-state index contributed by atoms with van der Waals surface area (Å²) in [6.45, 7) is 0. The highest BCUT2D eigenvalue weighted by Crippen LogP contribution is 2.23. The molecule has 2 aromatic carbocycles. The first-order valence-electron chi connectivity index (χ1n) is 8.73. The maximum atomic E-state index is 12.7. The number of carbonyl (C=O) groups excluding carboxylic acids is 1. The van der Waals surface area contributed by atoms with Crippen molar-refractivity contribution in [3.8, 4) is 0 Å². The van der Waals surface area contributed by atoms with Crippen molar-refractivity contribution in [2.45, 2.75) is 0 Å². The van der Waals surface area contributed by atoms with Gasteiger partial charge < -0.3 is 5.32 Å². The van der Waals surface area contributed by atoms with Crippen LogP contribution < -0.4 is 5.32 Å². The number of fused-ring (bicyclic) bond motifs is 1. The van der Waals surface area contributed by atoms with E-state index in [0.29, 0.717) is 16.6 Å². The van der Waals surface area contributed by atoms with Gasteiger partial charge in [0.2, 0.25) is 0 Å². The maximum Gasteiger partial charge on any atom is 0.276 e. The second kappa shape index (κ2) is 7.73. The van der Waals surface area contributed by atoms with E-state index < -0.39 is 10.8 Å². The summed E-state index contributed by atoms with van der Waals surface area (Å²) in [6.07, 6.45) is 5.49. The number of benzene rings is 2. The minimum atomic E-state index is -0.508. The van der Waals surface area contributed by atoms with Crippen molar-refractivity contribution in [1.29, 1.82) is 0 Å². The lowest BCUT2D eigenvalue weighted by Gasteiger charge is -2.05. The van der Waals surface area contributed by atoms with E-state index in [2.05, 4.69) is 20.5 Å². The summed E-state index contributed by atoms with van der Waals surface area (Å²) in [7, 11) is 0. The number of H-pyrrole nitrogens is 1. The Bertz CT molecular complexity index is 1230. The number of amides is 1. The standard InChI is InChI=1S/C21H15N5O3/c27-21(20-18-13-17(26(28)29)9-10-19(18)24-25-20)23-16-6-3-4-14(12-16)7-8-15-5-1-2-11-22-15/h1-13H,(H,23,27)(H,24,25)/b8-7+. The number of aromatic amines is 1. The van der Waals surface area contributed by atoms with Crippen LogP contribution in [-0.2, 0) is 0 Å². The van der Waals surface area contributed by atoms with Crippen LogP contribution in [0.25, 0.3) is 23.1 Å². The second-order valence-corrected chi connectivity index (χ2v) is 6.23. The number of pyridine rings is 1. The Morgan fingerprint density at radius 2 is 1.97 bits per heavy atom. The Morgan fingerprint density at radius 1 is 1.07 bits per heavy atom. The van der Waals surface area contributed by atoms with Crippen LogP contribution >= 0.6 is 0 Å². The number of rotatable bonds is 5. The summed E-state index contributed by atoms with van der Waals surface area (Å²) in [5.41, 5.74) is 2.84. The van der Waals surface area contributed by atoms with Crippen LogP contribution in [0.15, 0.2) is 66.9 Å². The number of anilines is 1. The average molecular weight is 385 g/mol. The molecule has 2 heterocycles. The summed E-state index contributed by atoms with van der Waals surface area (Å²) in [5, 5.41) is 20.9. The van der Waals surface area contributed by atoms with Crippen LogP contribution in [0.1, 0.15) is 21.7 Å². The van der Waals surface area contributed by atoms with E-state index in [0.717, 1.165) is 11.3 Å². The minimum Gasteiger partial charge on any atom is -0.321 e. The van der Waals surface area contributed by atoms with Gasteiger partial charge in [-0.3, -0.25) is 25.0 Å². The second-order valence-electron chi connectivity index (χ2n) is 6.23. The average Bonchev–Trinajstić information content (AvgIpc) is 3.17. The molecular weight excluding hydrogens is 370 g/mol. The molecule has 0 unspecified atom stereocenters. The Kier molecular flexibility index (Phi) is 4.81. The number of hydrogen-bond acceptors (Lipinski definition) is 5. The first-order valence-corrected chi connectivity index (χ1v) is 8.73. The molecule has 0 aliphatic heterocycles. The van der Waals surface area contributed by atoms with Gasteiger partial charge in [-0.1, -0.05) is 24.3 Å². The lowest BCUT2D eigenvalue weighted by Crippen LogP contribution is -2.12. The molecule has 0 spiro atoms. The summed E-state index contributed by atoms with van der Waals surface area (Å²) in [5.74, 6) is -0.456. The number of nitro benzene ring substituents is 1. The van der Waals surface area contributed by atoms with E-state index in [9.17, 15) is 14.9 Å². The van der Waals surface area contributed by atoms with Crippen molar-refractivity contribution in [2.24, 2.45) is 0 Å². The van der Waals surface area contributed by atoms with Crippen LogP contribution in [0.2, 0.25) is 0 Å². The normalized spacial score (nSPS) is 11.0. The van der Waals surface area contributed by atoms with Gasteiger partial charge in [-0.15, -0.1) is 0 Å². The largest absolute Gasteiger partial charge is 0.321 e. The Morgan fingerprint density at radius 3 is 2.76 bits per heavy atom. The highest BCUT2D eigenvalue weighted by molar-refractivity contribution is 6.11. The highest BCUT2D eigenvalue weighted by atomic mass is 16.6. The van der Waals surface area contributed by atoms with Crippen LogP contribution in [0.5, 0.6) is 0 Å². The molecule has 2 aromatic heterocycles. The van der Waals surface area contributed by atoms with Gasteiger partial charge in [0.25, 0.3) is 11.6 Å². The Hall–Kier alpha value is -4.33. The van der Waals surface area contributed by atoms with Gasteiger partial charge in [0, 0.05) is 29.4 Å². The van der Waals surface area contributed by atoms with Crippen molar-refractivity contribution >= 4 is 40.3 Å². The van der Waals surface area contributed by atoms with Gasteiger partial charge in [-0.05, 0) is 42.0 Å². The number of carbonyl (C=O) groups is 1. The molecule has 4 rings (SSSR count). The molecule has 2 N–H and O–H groups in total. The predicted octanol–water partition coefficient (Wildman–Crippen LogP) is 4.29. The van der Waals surface area contributed by atoms with Crippen molar-refractivity contribution in [1.82, 2.24) is 15.2 Å². The number of aromatic nitrogens is 3. The molecule has 0 fully saturated rings. The van der Waals surface area contributed by atoms with E-state index in [1.54, 1.807) is 12.3 Å². The molecule has 0 bridgehead atoms. The molecular formula is C21H15N5O3. The van der Waals surface area contributed by atoms with Gasteiger partial charge in [0.15, 0.2) is 5.69 Å². The lowest BCUT2D eigenvalue weighted by molar-refractivity contribution is -0.384. The zero-order valence-corrected chi connectivity index (χ0v) is 15.1. The molecule has 0 atom stereocenters. The van der Waals surface area contributed by atoms with Crippen molar-refractivity contribution < 1.29 is 9.72 Å². The molecule has 0 saturated carbocycles. The first kappa shape index (κ1) is 18.1.